The van der Waals surface area contributed by atoms with Crippen LogP contribution < -0.4 is 10.6 Å². The molecule has 0 radical (unpaired) electrons. The Balaban J connectivity index is 1.84. The highest BCUT2D eigenvalue weighted by molar-refractivity contribution is 5.79. The normalized spacial score (nSPS) is 15.2. The fraction of sp³-hybridized carbons (Fsp3) is 0.545. The largest absolute Gasteiger partial charge is 0.383 e. The smallest absolute Gasteiger partial charge is 0.191 e. The van der Waals surface area contributed by atoms with Gasteiger partial charge in [0.05, 0.1) is 12.7 Å². The predicted molar refractivity (Wildman–Crippen MR) is 119 cm³/mol. The van der Waals surface area contributed by atoms with Gasteiger partial charge in [0.15, 0.2) is 5.96 Å². The second-order valence-electron chi connectivity index (χ2n) is 7.84. The van der Waals surface area contributed by atoms with Crippen LogP contribution in [0, 0.1) is 0 Å². The van der Waals surface area contributed by atoms with Crippen molar-refractivity contribution in [3.63, 3.8) is 0 Å². The van der Waals surface area contributed by atoms with Gasteiger partial charge in [0, 0.05) is 44.5 Å². The van der Waals surface area contributed by atoms with Crippen LogP contribution in [0.5, 0.6) is 0 Å². The van der Waals surface area contributed by atoms with Crippen LogP contribution in [-0.2, 0) is 19.2 Å². The first-order valence-corrected chi connectivity index (χ1v) is 10.3. The molecule has 1 heterocycles. The van der Waals surface area contributed by atoms with Crippen LogP contribution in [0.2, 0.25) is 0 Å². The average molecular weight is 401 g/mol. The van der Waals surface area contributed by atoms with E-state index in [1.165, 1.54) is 5.56 Å². The molecule has 7 nitrogen and oxygen atoms in total. The quantitative estimate of drug-likeness (QED) is 0.421. The lowest BCUT2D eigenvalue weighted by atomic mass is 10.0. The minimum Gasteiger partial charge on any atom is -0.383 e. The molecule has 0 saturated carbocycles. The number of hydrogen-bond acceptors (Lipinski definition) is 4. The van der Waals surface area contributed by atoms with Crippen molar-refractivity contribution in [2.75, 3.05) is 26.7 Å². The number of guanidine groups is 1. The van der Waals surface area contributed by atoms with Crippen molar-refractivity contribution in [2.45, 2.75) is 45.4 Å². The molecule has 160 valence electrons. The van der Waals surface area contributed by atoms with Crippen LogP contribution in [0.15, 0.2) is 47.7 Å². The van der Waals surface area contributed by atoms with E-state index < -0.39 is 5.60 Å². The van der Waals surface area contributed by atoms with E-state index in [0.29, 0.717) is 6.04 Å². The van der Waals surface area contributed by atoms with Gasteiger partial charge in [-0.2, -0.15) is 5.10 Å². The molecule has 0 saturated heterocycles. The number of hydrogen-bond donors (Lipinski definition) is 3. The number of nitrogens with zero attached hydrogens (tertiary/aromatic N) is 4. The number of nitrogens with one attached hydrogen (secondary N) is 2. The highest BCUT2D eigenvalue weighted by Gasteiger charge is 2.24. The minimum absolute atomic E-state index is 0.261. The van der Waals surface area contributed by atoms with Crippen molar-refractivity contribution in [2.24, 2.45) is 12.0 Å². The van der Waals surface area contributed by atoms with Crippen molar-refractivity contribution in [1.82, 2.24) is 25.3 Å². The molecule has 3 N–H and O–H groups in total. The van der Waals surface area contributed by atoms with Crippen LogP contribution in [-0.4, -0.2) is 58.5 Å². The first-order chi connectivity index (χ1) is 13.8. The van der Waals surface area contributed by atoms with Gasteiger partial charge in [0.25, 0.3) is 0 Å². The molecule has 2 atom stereocenters. The third-order valence-electron chi connectivity index (χ3n) is 5.10. The van der Waals surface area contributed by atoms with Crippen LogP contribution in [0.3, 0.4) is 0 Å². The van der Waals surface area contributed by atoms with Crippen molar-refractivity contribution in [3.8, 4) is 0 Å². The van der Waals surface area contributed by atoms with E-state index in [4.69, 9.17) is 0 Å². The molecular formula is C22H36N6O. The van der Waals surface area contributed by atoms with E-state index in [-0.39, 0.29) is 6.54 Å². The van der Waals surface area contributed by atoms with E-state index in [2.05, 4.69) is 63.9 Å². The monoisotopic (exact) mass is 400 g/mol. The zero-order valence-corrected chi connectivity index (χ0v) is 18.4. The summed E-state index contributed by atoms with van der Waals surface area (Å²) >= 11 is 0. The standard InChI is InChI=1S/C22H36N6O/c1-6-23-21(25-17-22(3,29)20-14-26-28(5)16-20)24-13-12-18(2)27(4)15-19-10-8-7-9-11-19/h7-11,14,16,18,29H,6,12-13,15,17H2,1-5H3,(H2,23,24,25). The Bertz CT molecular complexity index is 756. The number of aryl methyl sites for hydroxylation is 1. The SMILES string of the molecule is CCNC(=NCC(C)(O)c1cnn(C)c1)NCCC(C)N(C)Cc1ccccc1. The topological polar surface area (TPSA) is 77.7 Å². The highest BCUT2D eigenvalue weighted by Crippen LogP contribution is 2.19. The molecule has 7 heteroatoms. The summed E-state index contributed by atoms with van der Waals surface area (Å²) in [6.45, 7) is 8.80. The zero-order chi connectivity index (χ0) is 21.3. The number of aliphatic imine (C=N–C) groups is 1. The summed E-state index contributed by atoms with van der Waals surface area (Å²) < 4.78 is 1.68. The zero-order valence-electron chi connectivity index (χ0n) is 18.4. The molecule has 0 spiro atoms. The first kappa shape index (κ1) is 22.9. The summed E-state index contributed by atoms with van der Waals surface area (Å²) in [4.78, 5) is 6.93. The molecule has 1 aromatic carbocycles. The van der Waals surface area contributed by atoms with Crippen molar-refractivity contribution < 1.29 is 5.11 Å². The van der Waals surface area contributed by atoms with E-state index in [9.17, 15) is 5.11 Å². The van der Waals surface area contributed by atoms with Gasteiger partial charge in [-0.3, -0.25) is 9.58 Å². The summed E-state index contributed by atoms with van der Waals surface area (Å²) in [6.07, 6.45) is 4.49. The molecule has 0 amide bonds. The van der Waals surface area contributed by atoms with Crippen LogP contribution in [0.25, 0.3) is 0 Å². The molecule has 0 aliphatic carbocycles. The first-order valence-electron chi connectivity index (χ1n) is 10.3. The fourth-order valence-corrected chi connectivity index (χ4v) is 3.01. The molecule has 0 fully saturated rings. The predicted octanol–water partition coefficient (Wildman–Crippen LogP) is 2.09. The van der Waals surface area contributed by atoms with Crippen LogP contribution in [0.1, 0.15) is 38.3 Å². The Morgan fingerprint density at radius 2 is 2.03 bits per heavy atom. The van der Waals surface area contributed by atoms with Gasteiger partial charge in [0.2, 0.25) is 0 Å². The third kappa shape index (κ3) is 7.51. The van der Waals surface area contributed by atoms with Gasteiger partial charge in [-0.15, -0.1) is 0 Å². The Hall–Kier alpha value is -2.38. The van der Waals surface area contributed by atoms with Gasteiger partial charge >= 0.3 is 0 Å². The molecule has 0 aliphatic heterocycles. The Kier molecular flexibility index (Phi) is 8.67. The van der Waals surface area contributed by atoms with Crippen LogP contribution >= 0.6 is 0 Å². The molecule has 2 unspecified atom stereocenters. The van der Waals surface area contributed by atoms with Gasteiger partial charge in [-0.25, -0.2) is 4.99 Å². The molecule has 29 heavy (non-hydrogen) atoms. The lowest BCUT2D eigenvalue weighted by Crippen LogP contribution is -2.41. The van der Waals surface area contributed by atoms with E-state index >= 15 is 0 Å². The molecule has 2 rings (SSSR count). The van der Waals surface area contributed by atoms with Gasteiger partial charge in [0.1, 0.15) is 5.60 Å². The van der Waals surface area contributed by atoms with E-state index in [1.54, 1.807) is 17.8 Å². The van der Waals surface area contributed by atoms with Crippen molar-refractivity contribution in [1.29, 1.82) is 0 Å². The molecule has 1 aromatic heterocycles. The minimum atomic E-state index is -1.06. The summed E-state index contributed by atoms with van der Waals surface area (Å²) in [7, 11) is 3.99. The Labute approximate surface area is 174 Å². The number of aliphatic hydroxyl groups is 1. The second kappa shape index (κ2) is 11.0. The molecule has 2 aromatic rings. The van der Waals surface area contributed by atoms with E-state index in [0.717, 1.165) is 37.6 Å². The summed E-state index contributed by atoms with van der Waals surface area (Å²) in [5.74, 6) is 0.717. The molecule has 0 aliphatic rings. The maximum Gasteiger partial charge on any atom is 0.191 e. The van der Waals surface area contributed by atoms with Gasteiger partial charge < -0.3 is 15.7 Å². The van der Waals surface area contributed by atoms with Gasteiger partial charge in [-0.1, -0.05) is 30.3 Å². The number of benzene rings is 1. The second-order valence-corrected chi connectivity index (χ2v) is 7.84. The number of aromatic nitrogens is 2. The summed E-state index contributed by atoms with van der Waals surface area (Å²) in [6, 6.07) is 11.0. The maximum absolute atomic E-state index is 10.7. The maximum atomic E-state index is 10.7. The summed E-state index contributed by atoms with van der Waals surface area (Å²) in [5, 5.41) is 21.5. The molecular weight excluding hydrogens is 364 g/mol. The lowest BCUT2D eigenvalue weighted by Gasteiger charge is -2.25. The van der Waals surface area contributed by atoms with Crippen molar-refractivity contribution >= 4 is 5.96 Å². The number of rotatable bonds is 10. The lowest BCUT2D eigenvalue weighted by molar-refractivity contribution is 0.0671. The van der Waals surface area contributed by atoms with Gasteiger partial charge in [-0.05, 0) is 39.8 Å². The Morgan fingerprint density at radius 1 is 1.31 bits per heavy atom. The summed E-state index contributed by atoms with van der Waals surface area (Å²) in [5.41, 5.74) is 1.03. The Morgan fingerprint density at radius 3 is 2.66 bits per heavy atom. The van der Waals surface area contributed by atoms with Crippen molar-refractivity contribution in [3.05, 3.63) is 53.9 Å². The highest BCUT2D eigenvalue weighted by atomic mass is 16.3. The fourth-order valence-electron chi connectivity index (χ4n) is 3.01. The van der Waals surface area contributed by atoms with Crippen LogP contribution in [0.4, 0.5) is 0 Å². The molecule has 0 bridgehead atoms. The van der Waals surface area contributed by atoms with E-state index in [1.807, 2.05) is 26.2 Å². The third-order valence-corrected chi connectivity index (χ3v) is 5.10. The average Bonchev–Trinajstić information content (AvgIpc) is 3.14.